The van der Waals surface area contributed by atoms with Crippen LogP contribution in [-0.2, 0) is 0 Å². The maximum atomic E-state index is 5.23. The number of hydrogen-bond acceptors (Lipinski definition) is 2. The molecule has 0 heterocycles. The van der Waals surface area contributed by atoms with Crippen LogP contribution in [0.15, 0.2) is 18.2 Å². The smallest absolute Gasteiger partial charge is 0.324 e. The van der Waals surface area contributed by atoms with Crippen molar-refractivity contribution in [3.8, 4) is 6.57 Å². The summed E-state index contributed by atoms with van der Waals surface area (Å²) < 4.78 is 0. The number of rotatable bonds is 1. The summed E-state index contributed by atoms with van der Waals surface area (Å²) in [6.07, 6.45) is 0. The lowest BCUT2D eigenvalue weighted by Gasteiger charge is -2.00. The number of hydrazine groups is 1. The maximum absolute atomic E-state index is 5.23. The highest BCUT2D eigenvalue weighted by atomic mass is 15.2. The topological polar surface area (TPSA) is 42.4 Å². The van der Waals surface area contributed by atoms with Crippen LogP contribution in [0, 0.1) is 13.5 Å². The van der Waals surface area contributed by atoms with Crippen LogP contribution in [0.1, 0.15) is 5.56 Å². The standard InChI is InChI=1S/C8H10N3/c1-6-5-7(10-2)3-4-8(6)11-9/h2-5,11H,9H2,1H3/q+1. The summed E-state index contributed by atoms with van der Waals surface area (Å²) in [5.41, 5.74) is 5.23. The van der Waals surface area contributed by atoms with Gasteiger partial charge in [0.1, 0.15) is 0 Å². The van der Waals surface area contributed by atoms with Crippen molar-refractivity contribution in [2.75, 3.05) is 5.43 Å². The molecule has 0 atom stereocenters. The molecule has 0 amide bonds. The van der Waals surface area contributed by atoms with E-state index >= 15 is 0 Å². The molecule has 0 saturated carbocycles. The molecule has 3 heteroatoms. The SMILES string of the molecule is C#[N+]c1ccc(NN)c(C)c1. The minimum atomic E-state index is 0.751. The molecular formula is C8H10N3+. The molecule has 0 aliphatic rings. The second-order valence-electron chi connectivity index (χ2n) is 2.27. The minimum Gasteiger partial charge on any atom is -0.324 e. The molecule has 1 aromatic carbocycles. The van der Waals surface area contributed by atoms with Gasteiger partial charge in [-0.05, 0) is 23.4 Å². The zero-order valence-corrected chi connectivity index (χ0v) is 6.33. The number of nitrogens with zero attached hydrogens (tertiary/aromatic N) is 1. The quantitative estimate of drug-likeness (QED) is 0.471. The molecule has 0 bridgehead atoms. The second-order valence-corrected chi connectivity index (χ2v) is 2.27. The predicted octanol–water partition coefficient (Wildman–Crippen LogP) is 1.87. The summed E-state index contributed by atoms with van der Waals surface area (Å²) in [4.78, 5) is 3.54. The molecular weight excluding hydrogens is 138 g/mol. The number of anilines is 1. The number of aryl methyl sites for hydroxylation is 1. The van der Waals surface area contributed by atoms with Crippen molar-refractivity contribution in [2.24, 2.45) is 5.84 Å². The highest BCUT2D eigenvalue weighted by Gasteiger charge is 2.02. The van der Waals surface area contributed by atoms with E-state index in [0.29, 0.717) is 0 Å². The van der Waals surface area contributed by atoms with Gasteiger partial charge >= 0.3 is 5.69 Å². The lowest BCUT2D eigenvalue weighted by molar-refractivity contribution is 1.31. The molecule has 1 rings (SSSR count). The number of nitrogens with one attached hydrogen (secondary N) is 1. The Bertz CT molecular complexity index is 299. The van der Waals surface area contributed by atoms with Crippen molar-refractivity contribution in [3.05, 3.63) is 28.6 Å². The van der Waals surface area contributed by atoms with Gasteiger partial charge in [-0.2, -0.15) is 0 Å². The third-order valence-electron chi connectivity index (χ3n) is 1.51. The third kappa shape index (κ3) is 1.48. The van der Waals surface area contributed by atoms with Gasteiger partial charge in [-0.25, -0.2) is 0 Å². The van der Waals surface area contributed by atoms with Gasteiger partial charge < -0.3 is 5.43 Å². The molecule has 0 aliphatic carbocycles. The van der Waals surface area contributed by atoms with Crippen LogP contribution in [0.3, 0.4) is 0 Å². The van der Waals surface area contributed by atoms with Gasteiger partial charge in [0.05, 0.1) is 5.69 Å². The first-order chi connectivity index (χ1) is 5.27. The molecule has 11 heavy (non-hydrogen) atoms. The summed E-state index contributed by atoms with van der Waals surface area (Å²) in [6.45, 7) is 7.02. The van der Waals surface area contributed by atoms with E-state index < -0.39 is 0 Å². The molecule has 1 aromatic rings. The van der Waals surface area contributed by atoms with E-state index in [4.69, 9.17) is 12.4 Å². The fourth-order valence-electron chi connectivity index (χ4n) is 0.890. The summed E-state index contributed by atoms with van der Waals surface area (Å²) in [7, 11) is 0. The minimum absolute atomic E-state index is 0.751. The van der Waals surface area contributed by atoms with Crippen LogP contribution in [0.2, 0.25) is 0 Å². The van der Waals surface area contributed by atoms with Gasteiger partial charge in [-0.15, -0.1) is 0 Å². The van der Waals surface area contributed by atoms with Gasteiger partial charge in [-0.1, -0.05) is 0 Å². The molecule has 0 spiro atoms. The Morgan fingerprint density at radius 2 is 2.27 bits per heavy atom. The molecule has 3 nitrogen and oxygen atoms in total. The van der Waals surface area contributed by atoms with E-state index in [9.17, 15) is 0 Å². The van der Waals surface area contributed by atoms with Crippen molar-refractivity contribution in [2.45, 2.75) is 6.92 Å². The Kier molecular flexibility index (Phi) is 2.09. The lowest BCUT2D eigenvalue weighted by atomic mass is 10.2. The Morgan fingerprint density at radius 1 is 1.55 bits per heavy atom. The highest BCUT2D eigenvalue weighted by Crippen LogP contribution is 2.20. The van der Waals surface area contributed by atoms with E-state index in [1.165, 1.54) is 0 Å². The highest BCUT2D eigenvalue weighted by molar-refractivity contribution is 5.59. The number of nitrogen functional groups attached to an aromatic ring is 1. The van der Waals surface area contributed by atoms with E-state index in [1.54, 1.807) is 6.07 Å². The molecule has 0 radical (unpaired) electrons. The molecule has 56 valence electrons. The van der Waals surface area contributed by atoms with Gasteiger partial charge in [-0.3, -0.25) is 5.84 Å². The fraction of sp³-hybridized carbons (Fsp3) is 0.125. The van der Waals surface area contributed by atoms with Crippen LogP contribution >= 0.6 is 0 Å². The Balaban J connectivity index is 3.12. The number of hydrogen-bond donors (Lipinski definition) is 2. The lowest BCUT2D eigenvalue weighted by Crippen LogP contribution is -2.07. The summed E-state index contributed by atoms with van der Waals surface area (Å²) in [6, 6.07) is 5.48. The maximum Gasteiger partial charge on any atom is 0.340 e. The van der Waals surface area contributed by atoms with Crippen LogP contribution in [0.25, 0.3) is 4.85 Å². The van der Waals surface area contributed by atoms with Crippen molar-refractivity contribution in [3.63, 3.8) is 0 Å². The van der Waals surface area contributed by atoms with Crippen molar-refractivity contribution in [1.29, 1.82) is 0 Å². The largest absolute Gasteiger partial charge is 0.340 e. The van der Waals surface area contributed by atoms with Gasteiger partial charge in [0.15, 0.2) is 0 Å². The second kappa shape index (κ2) is 3.04. The average Bonchev–Trinajstić information content (AvgIpc) is 2.04. The molecule has 3 N–H and O–H groups in total. The molecule has 0 unspecified atom stereocenters. The van der Waals surface area contributed by atoms with Gasteiger partial charge in [0, 0.05) is 12.1 Å². The zero-order chi connectivity index (χ0) is 8.27. The Labute approximate surface area is 65.6 Å². The third-order valence-corrected chi connectivity index (χ3v) is 1.51. The van der Waals surface area contributed by atoms with Crippen LogP contribution in [0.5, 0.6) is 0 Å². The number of benzene rings is 1. The number of nitrogens with two attached hydrogens (primary N) is 1. The summed E-state index contributed by atoms with van der Waals surface area (Å²) in [5.74, 6) is 5.23. The average molecular weight is 148 g/mol. The summed E-state index contributed by atoms with van der Waals surface area (Å²) in [5, 5.41) is 0. The Morgan fingerprint density at radius 3 is 2.73 bits per heavy atom. The molecule has 0 saturated heterocycles. The molecule has 0 fully saturated rings. The van der Waals surface area contributed by atoms with Crippen LogP contribution < -0.4 is 11.3 Å². The van der Waals surface area contributed by atoms with Crippen molar-refractivity contribution < 1.29 is 0 Å². The fourth-order valence-corrected chi connectivity index (χ4v) is 0.890. The molecule has 0 aliphatic heterocycles. The first kappa shape index (κ1) is 7.58. The Hall–Kier alpha value is -1.53. The zero-order valence-electron chi connectivity index (χ0n) is 6.33. The summed E-state index contributed by atoms with van der Waals surface area (Å²) >= 11 is 0. The van der Waals surface area contributed by atoms with E-state index in [-0.39, 0.29) is 0 Å². The van der Waals surface area contributed by atoms with Crippen molar-refractivity contribution in [1.82, 2.24) is 0 Å². The van der Waals surface area contributed by atoms with Crippen LogP contribution in [0.4, 0.5) is 11.4 Å². The van der Waals surface area contributed by atoms with Gasteiger partial charge in [0.25, 0.3) is 6.57 Å². The van der Waals surface area contributed by atoms with Gasteiger partial charge in [0.2, 0.25) is 0 Å². The van der Waals surface area contributed by atoms with Crippen molar-refractivity contribution >= 4 is 11.4 Å². The van der Waals surface area contributed by atoms with Crippen LogP contribution in [-0.4, -0.2) is 0 Å². The molecule has 0 aromatic heterocycles. The van der Waals surface area contributed by atoms with E-state index in [2.05, 4.69) is 10.3 Å². The first-order valence-corrected chi connectivity index (χ1v) is 3.26. The normalized spacial score (nSPS) is 8.82. The van der Waals surface area contributed by atoms with E-state index in [0.717, 1.165) is 16.9 Å². The van der Waals surface area contributed by atoms with E-state index in [1.807, 2.05) is 19.1 Å². The first-order valence-electron chi connectivity index (χ1n) is 3.26. The monoisotopic (exact) mass is 148 g/mol. The predicted molar refractivity (Wildman–Crippen MR) is 47.0 cm³/mol.